The highest BCUT2D eigenvalue weighted by molar-refractivity contribution is 9.10. The number of hydrogen-bond donors (Lipinski definition) is 2. The highest BCUT2D eigenvalue weighted by Gasteiger charge is 2.20. The average molecular weight is 747 g/mol. The van der Waals surface area contributed by atoms with Gasteiger partial charge in [0.05, 0.1) is 22.9 Å². The van der Waals surface area contributed by atoms with E-state index in [4.69, 9.17) is 27.9 Å². The second kappa shape index (κ2) is 16.6. The van der Waals surface area contributed by atoms with Gasteiger partial charge in [-0.15, -0.1) is 24.8 Å². The van der Waals surface area contributed by atoms with Crippen LogP contribution in [-0.4, -0.2) is 52.2 Å². The molecule has 0 saturated carbocycles. The predicted molar refractivity (Wildman–Crippen MR) is 181 cm³/mol. The molecule has 2 N–H and O–H groups in total. The molecule has 4 aromatic rings. The number of benzene rings is 1. The number of halogens is 5. The Morgan fingerprint density at radius 1 is 1.11 bits per heavy atom. The Morgan fingerprint density at radius 2 is 1.86 bits per heavy atom. The van der Waals surface area contributed by atoms with E-state index in [1.54, 1.807) is 37.4 Å². The lowest BCUT2D eigenvalue weighted by molar-refractivity contribution is -0.122. The van der Waals surface area contributed by atoms with Gasteiger partial charge in [0.15, 0.2) is 11.4 Å². The Kier molecular flexibility index (Phi) is 13.9. The number of nitrogens with one attached hydrogen (secondary N) is 2. The second-order valence-electron chi connectivity index (χ2n) is 9.04. The fourth-order valence-corrected chi connectivity index (χ4v) is 4.88. The molecule has 0 radical (unpaired) electrons. The fraction of sp³-hybridized carbons (Fsp3) is 0.207. The average Bonchev–Trinajstić information content (AvgIpc) is 3.28. The summed E-state index contributed by atoms with van der Waals surface area (Å²) < 4.78 is 8.73. The van der Waals surface area contributed by atoms with Gasteiger partial charge in [0.25, 0.3) is 5.91 Å². The van der Waals surface area contributed by atoms with E-state index < -0.39 is 11.8 Å². The van der Waals surface area contributed by atoms with Gasteiger partial charge < -0.3 is 20.3 Å². The molecule has 0 fully saturated rings. The maximum atomic E-state index is 12.9. The van der Waals surface area contributed by atoms with E-state index in [0.717, 1.165) is 10.3 Å². The Labute approximate surface area is 285 Å². The Hall–Kier alpha value is -3.35. The third-order valence-electron chi connectivity index (χ3n) is 6.19. The second-order valence-corrected chi connectivity index (χ2v) is 10.6. The molecule has 0 saturated heterocycles. The molecule has 10 nitrogen and oxygen atoms in total. The van der Waals surface area contributed by atoms with Crippen molar-refractivity contribution in [2.45, 2.75) is 20.5 Å². The van der Waals surface area contributed by atoms with Crippen LogP contribution in [-0.2, 0) is 16.2 Å². The highest BCUT2D eigenvalue weighted by atomic mass is 79.9. The maximum absolute atomic E-state index is 12.9. The van der Waals surface area contributed by atoms with Crippen molar-refractivity contribution in [3.8, 4) is 5.75 Å². The molecule has 15 heteroatoms. The van der Waals surface area contributed by atoms with E-state index in [0.29, 0.717) is 39.8 Å². The van der Waals surface area contributed by atoms with Crippen molar-refractivity contribution in [3.63, 3.8) is 0 Å². The lowest BCUT2D eigenvalue weighted by Gasteiger charge is -2.21. The molecule has 4 rings (SSSR count). The molecular weight excluding hydrogens is 718 g/mol. The number of anilines is 1. The molecule has 3 heterocycles. The molecule has 0 unspecified atom stereocenters. The summed E-state index contributed by atoms with van der Waals surface area (Å²) in [6.45, 7) is 3.97. The van der Waals surface area contributed by atoms with Crippen LogP contribution < -0.4 is 20.3 Å². The molecule has 3 aromatic heterocycles. The van der Waals surface area contributed by atoms with Gasteiger partial charge >= 0.3 is 0 Å². The number of carbonyl (C=O) groups excluding carboxylic acids is 3. The van der Waals surface area contributed by atoms with Crippen LogP contribution in [0.4, 0.5) is 5.69 Å². The highest BCUT2D eigenvalue weighted by Crippen LogP contribution is 2.35. The van der Waals surface area contributed by atoms with Crippen molar-refractivity contribution in [1.29, 1.82) is 0 Å². The smallest absolute Gasteiger partial charge is 0.269 e. The van der Waals surface area contributed by atoms with Crippen molar-refractivity contribution in [1.82, 2.24) is 25.0 Å². The van der Waals surface area contributed by atoms with E-state index in [9.17, 15) is 14.4 Å². The van der Waals surface area contributed by atoms with Crippen LogP contribution in [0.15, 0.2) is 59.5 Å². The van der Waals surface area contributed by atoms with Crippen LogP contribution in [0.2, 0.25) is 10.0 Å². The summed E-state index contributed by atoms with van der Waals surface area (Å²) in [5.41, 5.74) is 3.26. The van der Waals surface area contributed by atoms with Gasteiger partial charge in [-0.2, -0.15) is 0 Å². The number of likely N-dealkylation sites (N-methyl/N-ethyl adjacent to an activating group) is 1. The molecule has 0 bridgehead atoms. The molecule has 1 aromatic carbocycles. The first-order valence-corrected chi connectivity index (χ1v) is 14.3. The number of pyridine rings is 2. The molecule has 234 valence electrons. The molecule has 44 heavy (non-hydrogen) atoms. The quantitative estimate of drug-likeness (QED) is 0.190. The summed E-state index contributed by atoms with van der Waals surface area (Å²) in [5.74, 6) is -0.610. The summed E-state index contributed by atoms with van der Waals surface area (Å²) in [4.78, 5) is 47.0. The number of aryl methyl sites for hydroxylation is 1. The van der Waals surface area contributed by atoms with Crippen LogP contribution in [0.1, 0.15) is 34.2 Å². The predicted octanol–water partition coefficient (Wildman–Crippen LogP) is 6.07. The van der Waals surface area contributed by atoms with E-state index >= 15 is 0 Å². The summed E-state index contributed by atoms with van der Waals surface area (Å²) in [6.07, 6.45) is 6.16. The number of nitrogens with zero attached hydrogens (tertiary/aromatic N) is 4. The lowest BCUT2D eigenvalue weighted by Crippen LogP contribution is -2.37. The van der Waals surface area contributed by atoms with Gasteiger partial charge in [0, 0.05) is 42.6 Å². The summed E-state index contributed by atoms with van der Waals surface area (Å²) in [6, 6.07) is 10.1. The minimum atomic E-state index is -0.476. The number of fused-ring (bicyclic) bond motifs is 1. The summed E-state index contributed by atoms with van der Waals surface area (Å²) in [5, 5.41) is 5.85. The molecule has 0 aliphatic carbocycles. The van der Waals surface area contributed by atoms with Gasteiger partial charge in [0.2, 0.25) is 11.8 Å². The van der Waals surface area contributed by atoms with Crippen LogP contribution >= 0.6 is 63.9 Å². The van der Waals surface area contributed by atoms with E-state index in [1.807, 2.05) is 30.5 Å². The van der Waals surface area contributed by atoms with Crippen molar-refractivity contribution in [2.24, 2.45) is 0 Å². The number of imidazole rings is 1. The Bertz CT molecular complexity index is 1680. The molecular formula is C29H29BrCl4N6O4. The SMILES string of the molecule is CCNC(=O)c1ccc(/C=C/C(=O)NCC(=O)N(C)c2ccc(Cl)c(COc3cccn4c(Br)c(C)nc34)c2Cl)cn1.Cl.Cl. The Balaban J connectivity index is 0.00000337. The van der Waals surface area contributed by atoms with Crippen LogP contribution in [0.3, 0.4) is 0 Å². The molecule has 0 spiro atoms. The summed E-state index contributed by atoms with van der Waals surface area (Å²) >= 11 is 16.6. The number of hydrogen-bond acceptors (Lipinski definition) is 6. The molecule has 0 aliphatic heterocycles. The monoisotopic (exact) mass is 744 g/mol. The zero-order valence-electron chi connectivity index (χ0n) is 23.8. The largest absolute Gasteiger partial charge is 0.485 e. The first-order valence-electron chi connectivity index (χ1n) is 12.8. The number of amides is 3. The zero-order chi connectivity index (χ0) is 30.4. The fourth-order valence-electron chi connectivity index (χ4n) is 3.90. The first kappa shape index (κ1) is 36.8. The van der Waals surface area contributed by atoms with Crippen molar-refractivity contribution < 1.29 is 19.1 Å². The lowest BCUT2D eigenvalue weighted by atomic mass is 10.2. The third kappa shape index (κ3) is 8.64. The maximum Gasteiger partial charge on any atom is 0.269 e. The topological polar surface area (TPSA) is 118 Å². The molecule has 0 aliphatic rings. The van der Waals surface area contributed by atoms with Crippen molar-refractivity contribution in [2.75, 3.05) is 25.0 Å². The summed E-state index contributed by atoms with van der Waals surface area (Å²) in [7, 11) is 1.55. The van der Waals surface area contributed by atoms with Gasteiger partial charge in [-0.3, -0.25) is 23.8 Å². The minimum Gasteiger partial charge on any atom is -0.485 e. The third-order valence-corrected chi connectivity index (χ3v) is 7.92. The van der Waals surface area contributed by atoms with Crippen molar-refractivity contribution in [3.05, 3.63) is 92.0 Å². The number of ether oxygens (including phenoxy) is 1. The first-order chi connectivity index (χ1) is 20.1. The van der Waals surface area contributed by atoms with E-state index in [2.05, 4.69) is 36.5 Å². The van der Waals surface area contributed by atoms with E-state index in [1.165, 1.54) is 23.2 Å². The van der Waals surface area contributed by atoms with Gasteiger partial charge in [-0.05, 0) is 71.7 Å². The van der Waals surface area contributed by atoms with Crippen LogP contribution in [0.5, 0.6) is 5.75 Å². The van der Waals surface area contributed by atoms with Crippen LogP contribution in [0.25, 0.3) is 11.7 Å². The normalized spacial score (nSPS) is 10.6. The molecule has 0 atom stereocenters. The number of rotatable bonds is 10. The minimum absolute atomic E-state index is 0. The standard InChI is InChI=1S/C29H27BrCl2N6O4.2ClH/c1-4-33-29(41)21-10-7-18(14-34-21)8-12-24(39)35-15-25(40)37(3)22-11-9-20(31)19(26(22)32)16-42-23-6-5-13-38-27(30)17(2)36-28(23)38;;/h5-14H,4,15-16H2,1-3H3,(H,33,41)(H,35,39);2*1H/b12-8+;;. The van der Waals surface area contributed by atoms with Crippen molar-refractivity contribution >= 4 is 99.1 Å². The van der Waals surface area contributed by atoms with Gasteiger partial charge in [-0.25, -0.2) is 4.98 Å². The van der Waals surface area contributed by atoms with Gasteiger partial charge in [0.1, 0.15) is 16.9 Å². The Morgan fingerprint density at radius 3 is 2.55 bits per heavy atom. The van der Waals surface area contributed by atoms with Crippen LogP contribution in [0, 0.1) is 6.92 Å². The zero-order valence-corrected chi connectivity index (χ0v) is 28.5. The van der Waals surface area contributed by atoms with Gasteiger partial charge in [-0.1, -0.05) is 29.3 Å². The number of carbonyl (C=O) groups is 3. The number of aromatic nitrogens is 3. The van der Waals surface area contributed by atoms with E-state index in [-0.39, 0.29) is 54.6 Å². The molecule has 3 amide bonds.